The molecule has 0 aliphatic heterocycles. The highest BCUT2D eigenvalue weighted by atomic mass is 16.3. The Morgan fingerprint density at radius 2 is 2.04 bits per heavy atom. The molecule has 2 aromatic heterocycles. The van der Waals surface area contributed by atoms with Gasteiger partial charge in [0.25, 0.3) is 11.5 Å². The first-order valence-electron chi connectivity index (χ1n) is 9.07. The number of nitrogens with zero attached hydrogens (tertiary/aromatic N) is 2. The van der Waals surface area contributed by atoms with E-state index in [1.807, 2.05) is 12.1 Å². The fraction of sp³-hybridized carbons (Fsp3) is 0.474. The minimum atomic E-state index is -0.415. The van der Waals surface area contributed by atoms with Crippen LogP contribution in [0, 0.1) is 5.92 Å². The van der Waals surface area contributed by atoms with E-state index >= 15 is 0 Å². The Kier molecular flexibility index (Phi) is 4.55. The zero-order chi connectivity index (χ0) is 18.1. The number of aromatic amines is 1. The molecule has 0 spiro atoms. The quantitative estimate of drug-likeness (QED) is 0.721. The first kappa shape index (κ1) is 16.9. The van der Waals surface area contributed by atoms with Crippen LogP contribution in [0.2, 0.25) is 0 Å². The van der Waals surface area contributed by atoms with Crippen molar-refractivity contribution in [1.82, 2.24) is 20.3 Å². The highest BCUT2D eigenvalue weighted by Crippen LogP contribution is 2.37. The fourth-order valence-corrected chi connectivity index (χ4v) is 3.45. The fourth-order valence-electron chi connectivity index (χ4n) is 3.45. The van der Waals surface area contributed by atoms with Crippen molar-refractivity contribution in [3.05, 3.63) is 58.0 Å². The summed E-state index contributed by atoms with van der Waals surface area (Å²) in [5.41, 5.74) is 0.701. The number of rotatable bonds is 6. The molecule has 2 fully saturated rings. The first-order chi connectivity index (χ1) is 12.6. The predicted molar refractivity (Wildman–Crippen MR) is 94.8 cm³/mol. The van der Waals surface area contributed by atoms with Crippen LogP contribution in [-0.2, 0) is 6.42 Å². The summed E-state index contributed by atoms with van der Waals surface area (Å²) in [7, 11) is 0. The van der Waals surface area contributed by atoms with Gasteiger partial charge < -0.3 is 15.4 Å². The first-order valence-corrected chi connectivity index (χ1v) is 9.07. The SMILES string of the molecule is O=C(NC(Cc1ccncc1)C1CC(O)C1)c1cnc(C2CC2)[nH]c1=O. The van der Waals surface area contributed by atoms with E-state index in [9.17, 15) is 14.7 Å². The third-order valence-electron chi connectivity index (χ3n) is 5.27. The topological polar surface area (TPSA) is 108 Å². The van der Waals surface area contributed by atoms with E-state index in [1.54, 1.807) is 12.4 Å². The minimum absolute atomic E-state index is 0.0361. The van der Waals surface area contributed by atoms with Crippen LogP contribution in [0.1, 0.15) is 53.3 Å². The largest absolute Gasteiger partial charge is 0.393 e. The lowest BCUT2D eigenvalue weighted by molar-refractivity contribution is 0.0239. The number of hydrogen-bond donors (Lipinski definition) is 3. The normalized spacial score (nSPS) is 23.1. The summed E-state index contributed by atoms with van der Waals surface area (Å²) in [5.74, 6) is 0.777. The van der Waals surface area contributed by atoms with Gasteiger partial charge in [-0.15, -0.1) is 0 Å². The lowest BCUT2D eigenvalue weighted by Crippen LogP contribution is -2.49. The molecule has 2 heterocycles. The van der Waals surface area contributed by atoms with Crippen LogP contribution in [0.4, 0.5) is 0 Å². The van der Waals surface area contributed by atoms with Gasteiger partial charge in [0.1, 0.15) is 11.4 Å². The van der Waals surface area contributed by atoms with E-state index in [4.69, 9.17) is 0 Å². The third-order valence-corrected chi connectivity index (χ3v) is 5.27. The number of amides is 1. The number of carbonyl (C=O) groups is 1. The Morgan fingerprint density at radius 3 is 2.65 bits per heavy atom. The summed E-state index contributed by atoms with van der Waals surface area (Å²) in [4.78, 5) is 35.9. The summed E-state index contributed by atoms with van der Waals surface area (Å²) in [5, 5.41) is 12.6. The Morgan fingerprint density at radius 1 is 1.31 bits per heavy atom. The van der Waals surface area contributed by atoms with E-state index in [0.717, 1.165) is 18.4 Å². The van der Waals surface area contributed by atoms with Gasteiger partial charge in [0.05, 0.1) is 6.10 Å². The van der Waals surface area contributed by atoms with Crippen LogP contribution < -0.4 is 10.9 Å². The molecule has 7 nitrogen and oxygen atoms in total. The van der Waals surface area contributed by atoms with Crippen molar-refractivity contribution in [3.63, 3.8) is 0 Å². The van der Waals surface area contributed by atoms with Crippen molar-refractivity contribution >= 4 is 5.91 Å². The third kappa shape index (κ3) is 3.67. The number of hydrogen-bond acceptors (Lipinski definition) is 5. The zero-order valence-electron chi connectivity index (χ0n) is 14.4. The molecule has 2 saturated carbocycles. The summed E-state index contributed by atoms with van der Waals surface area (Å²) in [6.45, 7) is 0. The van der Waals surface area contributed by atoms with Crippen molar-refractivity contribution in [2.75, 3.05) is 0 Å². The molecule has 26 heavy (non-hydrogen) atoms. The summed E-state index contributed by atoms with van der Waals surface area (Å²) < 4.78 is 0. The highest BCUT2D eigenvalue weighted by Gasteiger charge is 2.35. The molecular weight excluding hydrogens is 332 g/mol. The second-order valence-corrected chi connectivity index (χ2v) is 7.31. The van der Waals surface area contributed by atoms with Crippen molar-refractivity contribution in [3.8, 4) is 0 Å². The molecule has 2 aromatic rings. The standard InChI is InChI=1S/C19H22N4O3/c24-14-8-13(9-14)16(7-11-3-5-20-6-4-11)22-18(25)15-10-21-17(12-1-2-12)23-19(15)26/h3-6,10,12-14,16,24H,1-2,7-9H2,(H,22,25)(H,21,23,26). The molecule has 2 aliphatic carbocycles. The average Bonchev–Trinajstić information content (AvgIpc) is 3.44. The summed E-state index contributed by atoms with van der Waals surface area (Å²) in [6.07, 6.45) is 8.53. The molecule has 0 saturated heterocycles. The lowest BCUT2D eigenvalue weighted by atomic mass is 9.75. The molecule has 136 valence electrons. The molecular formula is C19H22N4O3. The van der Waals surface area contributed by atoms with Gasteiger partial charge in [-0.3, -0.25) is 14.6 Å². The van der Waals surface area contributed by atoms with Crippen LogP contribution in [0.25, 0.3) is 0 Å². The molecule has 0 radical (unpaired) electrons. The van der Waals surface area contributed by atoms with E-state index in [1.165, 1.54) is 6.20 Å². The van der Waals surface area contributed by atoms with Crippen molar-refractivity contribution in [2.45, 2.75) is 50.2 Å². The van der Waals surface area contributed by atoms with Crippen LogP contribution in [0.3, 0.4) is 0 Å². The van der Waals surface area contributed by atoms with Crippen molar-refractivity contribution < 1.29 is 9.90 Å². The summed E-state index contributed by atoms with van der Waals surface area (Å²) >= 11 is 0. The highest BCUT2D eigenvalue weighted by molar-refractivity contribution is 5.93. The monoisotopic (exact) mass is 354 g/mol. The number of aliphatic hydroxyl groups excluding tert-OH is 1. The Hall–Kier alpha value is -2.54. The molecule has 1 amide bonds. The summed E-state index contributed by atoms with van der Waals surface area (Å²) in [6, 6.07) is 3.68. The molecule has 0 bridgehead atoms. The molecule has 7 heteroatoms. The van der Waals surface area contributed by atoms with Gasteiger partial charge in [0.2, 0.25) is 0 Å². The molecule has 2 aliphatic rings. The van der Waals surface area contributed by atoms with E-state index in [0.29, 0.717) is 31.0 Å². The Labute approximate surface area is 150 Å². The van der Waals surface area contributed by atoms with Crippen LogP contribution in [0.5, 0.6) is 0 Å². The smallest absolute Gasteiger partial charge is 0.263 e. The van der Waals surface area contributed by atoms with Gasteiger partial charge in [-0.2, -0.15) is 0 Å². The molecule has 0 aromatic carbocycles. The Bertz CT molecular complexity index is 841. The number of aliphatic hydroxyl groups is 1. The zero-order valence-corrected chi connectivity index (χ0v) is 14.4. The minimum Gasteiger partial charge on any atom is -0.393 e. The van der Waals surface area contributed by atoms with Gasteiger partial charge in [0.15, 0.2) is 0 Å². The van der Waals surface area contributed by atoms with Gasteiger partial charge in [0, 0.05) is 30.6 Å². The maximum absolute atomic E-state index is 12.6. The average molecular weight is 354 g/mol. The Balaban J connectivity index is 1.49. The van der Waals surface area contributed by atoms with Crippen LogP contribution in [0.15, 0.2) is 35.5 Å². The van der Waals surface area contributed by atoms with Crippen molar-refractivity contribution in [1.29, 1.82) is 0 Å². The van der Waals surface area contributed by atoms with E-state index in [-0.39, 0.29) is 23.6 Å². The molecule has 1 unspecified atom stereocenters. The number of H-pyrrole nitrogens is 1. The maximum atomic E-state index is 12.6. The van der Waals surface area contributed by atoms with Crippen LogP contribution in [-0.4, -0.2) is 38.1 Å². The van der Waals surface area contributed by atoms with Crippen molar-refractivity contribution in [2.24, 2.45) is 5.92 Å². The van der Waals surface area contributed by atoms with Gasteiger partial charge in [-0.1, -0.05) is 0 Å². The van der Waals surface area contributed by atoms with E-state index < -0.39 is 11.5 Å². The lowest BCUT2D eigenvalue weighted by Gasteiger charge is -2.38. The van der Waals surface area contributed by atoms with E-state index in [2.05, 4.69) is 20.3 Å². The number of aromatic nitrogens is 3. The van der Waals surface area contributed by atoms with Gasteiger partial charge in [-0.05, 0) is 55.7 Å². The van der Waals surface area contributed by atoms with Crippen LogP contribution >= 0.6 is 0 Å². The molecule has 3 N–H and O–H groups in total. The van der Waals surface area contributed by atoms with Gasteiger partial charge in [-0.25, -0.2) is 4.98 Å². The number of nitrogens with one attached hydrogen (secondary N) is 2. The predicted octanol–water partition coefficient (Wildman–Crippen LogP) is 1.15. The maximum Gasteiger partial charge on any atom is 0.263 e. The number of pyridine rings is 1. The molecule has 1 atom stereocenters. The second kappa shape index (κ2) is 6.99. The second-order valence-electron chi connectivity index (χ2n) is 7.31. The number of carbonyl (C=O) groups excluding carboxylic acids is 1. The molecule has 4 rings (SSSR count). The van der Waals surface area contributed by atoms with Gasteiger partial charge >= 0.3 is 0 Å².